The standard InChI is InChI=1S/C12H16Cl2FNO/c1-17-12-7-10(6-11(15)8-12)9-16(4-2-13)5-3-14/h6-8H,2-5,9H2,1H3. The number of benzene rings is 1. The van der Waals surface area contributed by atoms with Crippen LogP contribution in [0.5, 0.6) is 5.75 Å². The molecule has 5 heteroatoms. The van der Waals surface area contributed by atoms with E-state index in [1.165, 1.54) is 19.2 Å². The van der Waals surface area contributed by atoms with E-state index in [0.717, 1.165) is 18.7 Å². The number of nitrogens with zero attached hydrogens (tertiary/aromatic N) is 1. The summed E-state index contributed by atoms with van der Waals surface area (Å²) >= 11 is 11.4. The Morgan fingerprint density at radius 1 is 1.18 bits per heavy atom. The Labute approximate surface area is 111 Å². The molecule has 1 aromatic rings. The van der Waals surface area contributed by atoms with E-state index >= 15 is 0 Å². The third kappa shape index (κ3) is 5.11. The second kappa shape index (κ2) is 7.75. The van der Waals surface area contributed by atoms with Crippen LogP contribution in [-0.4, -0.2) is 36.9 Å². The number of hydrogen-bond acceptors (Lipinski definition) is 2. The van der Waals surface area contributed by atoms with E-state index in [1.807, 2.05) is 6.07 Å². The third-order valence-electron chi connectivity index (χ3n) is 2.37. The Hall–Kier alpha value is -0.510. The van der Waals surface area contributed by atoms with Gasteiger partial charge in [0.15, 0.2) is 0 Å². The summed E-state index contributed by atoms with van der Waals surface area (Å²) in [4.78, 5) is 2.08. The van der Waals surface area contributed by atoms with Crippen LogP contribution in [0.3, 0.4) is 0 Å². The van der Waals surface area contributed by atoms with Gasteiger partial charge in [0, 0.05) is 37.5 Å². The molecule has 0 saturated carbocycles. The molecule has 1 aromatic carbocycles. The quantitative estimate of drug-likeness (QED) is 0.711. The van der Waals surface area contributed by atoms with Crippen LogP contribution in [0.25, 0.3) is 0 Å². The molecule has 0 aliphatic heterocycles. The summed E-state index contributed by atoms with van der Waals surface area (Å²) in [6.07, 6.45) is 0. The number of rotatable bonds is 7. The summed E-state index contributed by atoms with van der Waals surface area (Å²) in [5.74, 6) is 1.29. The van der Waals surface area contributed by atoms with Crippen LogP contribution in [0.1, 0.15) is 5.56 Å². The highest BCUT2D eigenvalue weighted by atomic mass is 35.5. The summed E-state index contributed by atoms with van der Waals surface area (Å²) < 4.78 is 18.3. The largest absolute Gasteiger partial charge is 0.497 e. The monoisotopic (exact) mass is 279 g/mol. The molecule has 0 N–H and O–H groups in total. The smallest absolute Gasteiger partial charge is 0.127 e. The Bertz CT molecular complexity index is 343. The van der Waals surface area contributed by atoms with Crippen molar-refractivity contribution in [2.75, 3.05) is 32.0 Å². The van der Waals surface area contributed by atoms with Crippen molar-refractivity contribution in [3.63, 3.8) is 0 Å². The van der Waals surface area contributed by atoms with Gasteiger partial charge >= 0.3 is 0 Å². The maximum absolute atomic E-state index is 13.3. The van der Waals surface area contributed by atoms with Crippen LogP contribution in [0.15, 0.2) is 18.2 Å². The number of methoxy groups -OCH3 is 1. The zero-order valence-electron chi connectivity index (χ0n) is 9.76. The molecule has 0 fully saturated rings. The predicted octanol–water partition coefficient (Wildman–Crippen LogP) is 3.11. The average molecular weight is 280 g/mol. The minimum atomic E-state index is -0.295. The molecule has 96 valence electrons. The lowest BCUT2D eigenvalue weighted by Crippen LogP contribution is -2.27. The summed E-state index contributed by atoms with van der Waals surface area (Å²) in [6, 6.07) is 4.67. The average Bonchev–Trinajstić information content (AvgIpc) is 2.29. The molecule has 0 aliphatic carbocycles. The Balaban J connectivity index is 2.73. The summed E-state index contributed by atoms with van der Waals surface area (Å²) in [7, 11) is 1.52. The van der Waals surface area contributed by atoms with Gasteiger partial charge in [-0.15, -0.1) is 23.2 Å². The molecular formula is C12H16Cl2FNO. The number of hydrogen-bond donors (Lipinski definition) is 0. The first-order valence-corrected chi connectivity index (χ1v) is 6.44. The maximum atomic E-state index is 13.3. The molecule has 0 saturated heterocycles. The van der Waals surface area contributed by atoms with E-state index in [4.69, 9.17) is 27.9 Å². The van der Waals surface area contributed by atoms with Crippen LogP contribution in [-0.2, 0) is 6.54 Å². The lowest BCUT2D eigenvalue weighted by molar-refractivity contribution is 0.298. The van der Waals surface area contributed by atoms with Crippen LogP contribution in [0.4, 0.5) is 4.39 Å². The molecule has 0 spiro atoms. The first-order chi connectivity index (χ1) is 8.19. The van der Waals surface area contributed by atoms with Gasteiger partial charge in [-0.1, -0.05) is 0 Å². The first-order valence-electron chi connectivity index (χ1n) is 5.37. The fourth-order valence-electron chi connectivity index (χ4n) is 1.60. The molecule has 0 amide bonds. The van der Waals surface area contributed by atoms with Gasteiger partial charge in [-0.05, 0) is 17.7 Å². The topological polar surface area (TPSA) is 12.5 Å². The molecule has 2 nitrogen and oxygen atoms in total. The van der Waals surface area contributed by atoms with Gasteiger partial charge in [0.05, 0.1) is 7.11 Å². The van der Waals surface area contributed by atoms with Crippen molar-refractivity contribution in [3.8, 4) is 5.75 Å². The number of halogens is 3. The minimum Gasteiger partial charge on any atom is -0.497 e. The molecule has 0 atom stereocenters. The zero-order chi connectivity index (χ0) is 12.7. The van der Waals surface area contributed by atoms with Gasteiger partial charge in [-0.2, -0.15) is 0 Å². The Morgan fingerprint density at radius 3 is 2.35 bits per heavy atom. The van der Waals surface area contributed by atoms with Gasteiger partial charge in [0.25, 0.3) is 0 Å². The van der Waals surface area contributed by atoms with Crippen molar-refractivity contribution >= 4 is 23.2 Å². The molecule has 1 rings (SSSR count). The van der Waals surface area contributed by atoms with Gasteiger partial charge in [0.1, 0.15) is 11.6 Å². The zero-order valence-corrected chi connectivity index (χ0v) is 11.3. The first kappa shape index (κ1) is 14.6. The molecule has 0 unspecified atom stereocenters. The highest BCUT2D eigenvalue weighted by molar-refractivity contribution is 6.18. The lowest BCUT2D eigenvalue weighted by Gasteiger charge is -2.20. The third-order valence-corrected chi connectivity index (χ3v) is 2.71. The molecular weight excluding hydrogens is 264 g/mol. The highest BCUT2D eigenvalue weighted by Gasteiger charge is 2.07. The summed E-state index contributed by atoms with van der Waals surface area (Å²) in [5, 5.41) is 0. The highest BCUT2D eigenvalue weighted by Crippen LogP contribution is 2.17. The predicted molar refractivity (Wildman–Crippen MR) is 69.7 cm³/mol. The normalized spacial score (nSPS) is 10.9. The van der Waals surface area contributed by atoms with Crippen LogP contribution < -0.4 is 4.74 Å². The number of ether oxygens (including phenoxy) is 1. The van der Waals surface area contributed by atoms with Gasteiger partial charge in [-0.3, -0.25) is 4.90 Å². The van der Waals surface area contributed by atoms with Crippen molar-refractivity contribution in [3.05, 3.63) is 29.6 Å². The second-order valence-electron chi connectivity index (χ2n) is 3.65. The fourth-order valence-corrected chi connectivity index (χ4v) is 2.08. The van der Waals surface area contributed by atoms with Crippen molar-refractivity contribution in [2.45, 2.75) is 6.54 Å². The molecule has 17 heavy (non-hydrogen) atoms. The van der Waals surface area contributed by atoms with E-state index in [1.54, 1.807) is 0 Å². The van der Waals surface area contributed by atoms with Crippen molar-refractivity contribution in [1.29, 1.82) is 0 Å². The Kier molecular flexibility index (Phi) is 6.63. The number of alkyl halides is 2. The molecule has 0 aromatic heterocycles. The molecule has 0 heterocycles. The SMILES string of the molecule is COc1cc(F)cc(CN(CCCl)CCCl)c1. The van der Waals surface area contributed by atoms with E-state index in [2.05, 4.69) is 4.90 Å². The van der Waals surface area contributed by atoms with E-state index < -0.39 is 0 Å². The van der Waals surface area contributed by atoms with Crippen molar-refractivity contribution in [2.24, 2.45) is 0 Å². The van der Waals surface area contributed by atoms with Gasteiger partial charge < -0.3 is 4.74 Å². The molecule has 0 bridgehead atoms. The lowest BCUT2D eigenvalue weighted by atomic mass is 10.2. The summed E-state index contributed by atoms with van der Waals surface area (Å²) in [6.45, 7) is 2.08. The van der Waals surface area contributed by atoms with E-state index in [0.29, 0.717) is 24.1 Å². The van der Waals surface area contributed by atoms with Crippen molar-refractivity contribution in [1.82, 2.24) is 4.90 Å². The molecule has 0 aliphatic rings. The van der Waals surface area contributed by atoms with Crippen LogP contribution in [0, 0.1) is 5.82 Å². The molecule has 0 radical (unpaired) electrons. The van der Waals surface area contributed by atoms with E-state index in [-0.39, 0.29) is 5.82 Å². The summed E-state index contributed by atoms with van der Waals surface area (Å²) in [5.41, 5.74) is 0.858. The van der Waals surface area contributed by atoms with Crippen molar-refractivity contribution < 1.29 is 9.13 Å². The van der Waals surface area contributed by atoms with E-state index in [9.17, 15) is 4.39 Å². The fraction of sp³-hybridized carbons (Fsp3) is 0.500. The minimum absolute atomic E-state index is 0.295. The van der Waals surface area contributed by atoms with Gasteiger partial charge in [0.2, 0.25) is 0 Å². The second-order valence-corrected chi connectivity index (χ2v) is 4.41. The Morgan fingerprint density at radius 2 is 1.82 bits per heavy atom. The van der Waals surface area contributed by atoms with Crippen LogP contribution >= 0.6 is 23.2 Å². The maximum Gasteiger partial charge on any atom is 0.127 e. The van der Waals surface area contributed by atoms with Crippen LogP contribution in [0.2, 0.25) is 0 Å². The van der Waals surface area contributed by atoms with Gasteiger partial charge in [-0.25, -0.2) is 4.39 Å².